The number of carbonyl (C=O) groups is 2. The van der Waals surface area contributed by atoms with Gasteiger partial charge in [0.05, 0.1) is 4.47 Å². The van der Waals surface area contributed by atoms with E-state index in [9.17, 15) is 9.59 Å². The molecule has 1 N–H and O–H groups in total. The van der Waals surface area contributed by atoms with Crippen molar-refractivity contribution in [1.29, 1.82) is 0 Å². The van der Waals surface area contributed by atoms with Gasteiger partial charge in [-0.1, -0.05) is 42.8 Å². The van der Waals surface area contributed by atoms with Crippen LogP contribution in [0.2, 0.25) is 5.02 Å². The van der Waals surface area contributed by atoms with Gasteiger partial charge in [-0.05, 0) is 72.4 Å². The van der Waals surface area contributed by atoms with Crippen LogP contribution in [-0.4, -0.2) is 35.4 Å². The van der Waals surface area contributed by atoms with Crippen LogP contribution < -0.4 is 10.1 Å². The highest BCUT2D eigenvalue weighted by atomic mass is 79.9. The summed E-state index contributed by atoms with van der Waals surface area (Å²) in [6.45, 7) is 7.82. The molecule has 0 bridgehead atoms. The number of amides is 2. The lowest BCUT2D eigenvalue weighted by atomic mass is 10.1. The number of aryl methyl sites for hydroxylation is 1. The fraction of sp³-hybridized carbons (Fsp3) is 0.391. The Hall–Kier alpha value is -2.05. The molecule has 7 heteroatoms. The van der Waals surface area contributed by atoms with E-state index in [0.717, 1.165) is 17.5 Å². The van der Waals surface area contributed by atoms with E-state index >= 15 is 0 Å². The van der Waals surface area contributed by atoms with Crippen molar-refractivity contribution in [1.82, 2.24) is 10.2 Å². The Balaban J connectivity index is 2.19. The number of halogens is 2. The Bertz CT molecular complexity index is 891. The van der Waals surface area contributed by atoms with E-state index in [0.29, 0.717) is 21.8 Å². The van der Waals surface area contributed by atoms with Crippen LogP contribution in [0.15, 0.2) is 46.9 Å². The molecule has 162 valence electrons. The third-order valence-corrected chi connectivity index (χ3v) is 5.87. The molecule has 0 aromatic heterocycles. The Morgan fingerprint density at radius 3 is 2.53 bits per heavy atom. The van der Waals surface area contributed by atoms with E-state index in [2.05, 4.69) is 21.2 Å². The summed E-state index contributed by atoms with van der Waals surface area (Å²) in [6.07, 6.45) is 0.817. The van der Waals surface area contributed by atoms with Crippen LogP contribution in [0, 0.1) is 6.92 Å². The number of benzene rings is 2. The lowest BCUT2D eigenvalue weighted by Gasteiger charge is -2.30. The summed E-state index contributed by atoms with van der Waals surface area (Å²) in [5.74, 6) is 0.0613. The molecule has 2 rings (SSSR count). The molecule has 0 heterocycles. The van der Waals surface area contributed by atoms with Crippen molar-refractivity contribution in [2.75, 3.05) is 6.61 Å². The van der Waals surface area contributed by atoms with Gasteiger partial charge < -0.3 is 15.0 Å². The SMILES string of the molecule is CC[C@@H](C)NC(=O)[C@@H](C)N(Cc1ccccc1C)C(=O)COc1ccc(Cl)cc1Br. The van der Waals surface area contributed by atoms with Gasteiger partial charge in [-0.25, -0.2) is 0 Å². The zero-order chi connectivity index (χ0) is 22.3. The van der Waals surface area contributed by atoms with E-state index in [1.807, 2.05) is 45.0 Å². The first-order chi connectivity index (χ1) is 14.2. The molecule has 0 spiro atoms. The Kier molecular flexibility index (Phi) is 9.18. The average Bonchev–Trinajstić information content (AvgIpc) is 2.71. The number of hydrogen-bond donors (Lipinski definition) is 1. The smallest absolute Gasteiger partial charge is 0.261 e. The molecule has 0 aliphatic rings. The monoisotopic (exact) mass is 494 g/mol. The van der Waals surface area contributed by atoms with Crippen LogP contribution in [-0.2, 0) is 16.1 Å². The van der Waals surface area contributed by atoms with Gasteiger partial charge in [0.25, 0.3) is 5.91 Å². The number of nitrogens with zero attached hydrogens (tertiary/aromatic N) is 1. The number of carbonyl (C=O) groups excluding carboxylic acids is 2. The summed E-state index contributed by atoms with van der Waals surface area (Å²) < 4.78 is 6.37. The molecular weight excluding hydrogens is 468 g/mol. The third-order valence-electron chi connectivity index (χ3n) is 5.02. The molecule has 30 heavy (non-hydrogen) atoms. The lowest BCUT2D eigenvalue weighted by molar-refractivity contribution is -0.142. The molecule has 2 aromatic carbocycles. The van der Waals surface area contributed by atoms with Crippen LogP contribution in [0.25, 0.3) is 0 Å². The average molecular weight is 496 g/mol. The number of nitrogens with one attached hydrogen (secondary N) is 1. The first-order valence-electron chi connectivity index (χ1n) is 9.95. The zero-order valence-corrected chi connectivity index (χ0v) is 20.1. The molecular formula is C23H28BrClN2O3. The lowest BCUT2D eigenvalue weighted by Crippen LogP contribution is -2.50. The van der Waals surface area contributed by atoms with Crippen molar-refractivity contribution in [3.05, 3.63) is 63.1 Å². The first kappa shape index (κ1) is 24.2. The van der Waals surface area contributed by atoms with Gasteiger partial charge in [-0.15, -0.1) is 0 Å². The summed E-state index contributed by atoms with van der Waals surface area (Å²) in [6, 6.07) is 12.3. The van der Waals surface area contributed by atoms with E-state index in [1.165, 1.54) is 0 Å². The second kappa shape index (κ2) is 11.4. The molecule has 0 aliphatic heterocycles. The minimum absolute atomic E-state index is 0.0386. The second-order valence-corrected chi connectivity index (χ2v) is 8.60. The highest BCUT2D eigenvalue weighted by Crippen LogP contribution is 2.28. The fourth-order valence-corrected chi connectivity index (χ4v) is 3.63. The summed E-state index contributed by atoms with van der Waals surface area (Å²) in [4.78, 5) is 27.4. The summed E-state index contributed by atoms with van der Waals surface area (Å²) >= 11 is 9.35. The Labute approximate surface area is 191 Å². The first-order valence-corrected chi connectivity index (χ1v) is 11.1. The van der Waals surface area contributed by atoms with E-state index < -0.39 is 6.04 Å². The normalized spacial score (nSPS) is 12.7. The molecule has 0 saturated carbocycles. The van der Waals surface area contributed by atoms with Gasteiger partial charge >= 0.3 is 0 Å². The minimum atomic E-state index is -0.636. The maximum Gasteiger partial charge on any atom is 0.261 e. The number of hydrogen-bond acceptors (Lipinski definition) is 3. The van der Waals surface area contributed by atoms with Crippen LogP contribution in [0.3, 0.4) is 0 Å². The van der Waals surface area contributed by atoms with Crippen molar-refractivity contribution in [3.8, 4) is 5.75 Å². The Morgan fingerprint density at radius 1 is 1.20 bits per heavy atom. The summed E-state index contributed by atoms with van der Waals surface area (Å²) in [5.41, 5.74) is 2.05. The molecule has 0 unspecified atom stereocenters. The van der Waals surface area contributed by atoms with Crippen molar-refractivity contribution in [2.24, 2.45) is 0 Å². The molecule has 5 nitrogen and oxygen atoms in total. The van der Waals surface area contributed by atoms with Crippen molar-refractivity contribution >= 4 is 39.3 Å². The van der Waals surface area contributed by atoms with E-state index in [4.69, 9.17) is 16.3 Å². The predicted octanol–water partition coefficient (Wildman–Crippen LogP) is 5.12. The van der Waals surface area contributed by atoms with Gasteiger partial charge in [-0.3, -0.25) is 9.59 Å². The van der Waals surface area contributed by atoms with Gasteiger partial charge in [-0.2, -0.15) is 0 Å². The van der Waals surface area contributed by atoms with Crippen LogP contribution in [0.5, 0.6) is 5.75 Å². The summed E-state index contributed by atoms with van der Waals surface area (Å²) in [7, 11) is 0. The molecule has 0 fully saturated rings. The quantitative estimate of drug-likeness (QED) is 0.525. The van der Waals surface area contributed by atoms with Gasteiger partial charge in [0, 0.05) is 17.6 Å². The van der Waals surface area contributed by atoms with Gasteiger partial charge in [0.1, 0.15) is 11.8 Å². The molecule has 0 radical (unpaired) electrons. The molecule has 2 amide bonds. The number of ether oxygens (including phenoxy) is 1. The van der Waals surface area contributed by atoms with Crippen LogP contribution in [0.4, 0.5) is 0 Å². The van der Waals surface area contributed by atoms with Gasteiger partial charge in [0.15, 0.2) is 6.61 Å². The highest BCUT2D eigenvalue weighted by Gasteiger charge is 2.27. The van der Waals surface area contributed by atoms with Crippen molar-refractivity contribution < 1.29 is 14.3 Å². The van der Waals surface area contributed by atoms with E-state index in [1.54, 1.807) is 30.0 Å². The fourth-order valence-electron chi connectivity index (χ4n) is 2.83. The Morgan fingerprint density at radius 2 is 1.90 bits per heavy atom. The maximum absolute atomic E-state index is 13.1. The molecule has 2 atom stereocenters. The highest BCUT2D eigenvalue weighted by molar-refractivity contribution is 9.10. The maximum atomic E-state index is 13.1. The van der Waals surface area contributed by atoms with E-state index in [-0.39, 0.29) is 24.5 Å². The van der Waals surface area contributed by atoms with Crippen molar-refractivity contribution in [2.45, 2.75) is 52.7 Å². The van der Waals surface area contributed by atoms with Gasteiger partial charge in [0.2, 0.25) is 5.91 Å². The number of rotatable bonds is 9. The third kappa shape index (κ3) is 6.74. The largest absolute Gasteiger partial charge is 0.483 e. The molecule has 0 saturated heterocycles. The minimum Gasteiger partial charge on any atom is -0.483 e. The second-order valence-electron chi connectivity index (χ2n) is 7.31. The predicted molar refractivity (Wildman–Crippen MR) is 124 cm³/mol. The molecule has 2 aromatic rings. The summed E-state index contributed by atoms with van der Waals surface area (Å²) in [5, 5.41) is 3.53. The van der Waals surface area contributed by atoms with Crippen molar-refractivity contribution in [3.63, 3.8) is 0 Å². The van der Waals surface area contributed by atoms with Crippen LogP contribution >= 0.6 is 27.5 Å². The molecule has 0 aliphatic carbocycles. The van der Waals surface area contributed by atoms with Crippen LogP contribution in [0.1, 0.15) is 38.3 Å². The zero-order valence-electron chi connectivity index (χ0n) is 17.7. The topological polar surface area (TPSA) is 58.6 Å². The standard InChI is InChI=1S/C23H28BrClN2O3/c1-5-16(3)26-23(29)17(4)27(13-18-9-7-6-8-15(18)2)22(28)14-30-21-11-10-19(25)12-20(21)24/h6-12,16-17H,5,13-14H2,1-4H3,(H,26,29)/t16-,17-/m1/s1.